The highest BCUT2D eigenvalue weighted by Crippen LogP contribution is 2.20. The van der Waals surface area contributed by atoms with E-state index in [1.807, 2.05) is 19.1 Å². The number of likely N-dealkylation sites (N-methyl/N-ethyl adjacent to an activating group) is 1. The van der Waals surface area contributed by atoms with Crippen LogP contribution in [0.25, 0.3) is 0 Å². The lowest BCUT2D eigenvalue weighted by atomic mass is 10.2. The number of hydrogen-bond acceptors (Lipinski definition) is 4. The number of hydrogen-bond donors (Lipinski definition) is 1. The van der Waals surface area contributed by atoms with Crippen LogP contribution >= 0.6 is 0 Å². The van der Waals surface area contributed by atoms with Gasteiger partial charge in [0.1, 0.15) is 5.75 Å². The van der Waals surface area contributed by atoms with Gasteiger partial charge in [-0.15, -0.1) is 0 Å². The van der Waals surface area contributed by atoms with Gasteiger partial charge in [-0.2, -0.15) is 0 Å². The third-order valence-corrected chi connectivity index (χ3v) is 3.93. The van der Waals surface area contributed by atoms with Crippen LogP contribution in [-0.2, 0) is 4.79 Å². The second-order valence-corrected chi connectivity index (χ2v) is 5.01. The van der Waals surface area contributed by atoms with Gasteiger partial charge in [-0.25, -0.2) is 0 Å². The third kappa shape index (κ3) is 3.22. The first-order chi connectivity index (χ1) is 9.65. The van der Waals surface area contributed by atoms with Gasteiger partial charge in [-0.05, 0) is 31.2 Å². The van der Waals surface area contributed by atoms with Crippen LogP contribution in [0.2, 0.25) is 0 Å². The van der Waals surface area contributed by atoms with Crippen LogP contribution < -0.4 is 15.0 Å². The van der Waals surface area contributed by atoms with Gasteiger partial charge in [-0.3, -0.25) is 9.69 Å². The van der Waals surface area contributed by atoms with E-state index in [2.05, 4.69) is 27.2 Å². The molecule has 1 aliphatic heterocycles. The summed E-state index contributed by atoms with van der Waals surface area (Å²) in [6.45, 7) is 5.64. The maximum absolute atomic E-state index is 11.7. The van der Waals surface area contributed by atoms with E-state index in [-0.39, 0.29) is 11.9 Å². The van der Waals surface area contributed by atoms with Gasteiger partial charge in [0.15, 0.2) is 0 Å². The smallest absolute Gasteiger partial charge is 0.236 e. The lowest BCUT2D eigenvalue weighted by Gasteiger charge is -2.38. The minimum absolute atomic E-state index is 0.0574. The molecule has 5 nitrogen and oxygen atoms in total. The molecule has 1 aromatic rings. The number of piperazine rings is 1. The molecule has 0 aliphatic carbocycles. The number of nitrogens with zero attached hydrogens (tertiary/aromatic N) is 2. The predicted octanol–water partition coefficient (Wildman–Crippen LogP) is 0.952. The molecule has 5 heteroatoms. The summed E-state index contributed by atoms with van der Waals surface area (Å²) in [5.74, 6) is 0.962. The number of methoxy groups -OCH3 is 1. The van der Waals surface area contributed by atoms with Crippen molar-refractivity contribution in [1.29, 1.82) is 0 Å². The summed E-state index contributed by atoms with van der Waals surface area (Å²) in [4.78, 5) is 16.2. The molecule has 110 valence electrons. The lowest BCUT2D eigenvalue weighted by Crippen LogP contribution is -2.53. The van der Waals surface area contributed by atoms with Gasteiger partial charge in [0, 0.05) is 38.9 Å². The van der Waals surface area contributed by atoms with Gasteiger partial charge in [0.05, 0.1) is 13.2 Å². The fourth-order valence-corrected chi connectivity index (χ4v) is 2.54. The van der Waals surface area contributed by atoms with E-state index in [4.69, 9.17) is 4.74 Å². The van der Waals surface area contributed by atoms with Crippen molar-refractivity contribution in [3.8, 4) is 5.75 Å². The number of benzene rings is 1. The summed E-state index contributed by atoms with van der Waals surface area (Å²) >= 11 is 0. The predicted molar refractivity (Wildman–Crippen MR) is 80.3 cm³/mol. The van der Waals surface area contributed by atoms with E-state index in [1.165, 1.54) is 5.69 Å². The second kappa shape index (κ2) is 6.61. The van der Waals surface area contributed by atoms with E-state index < -0.39 is 0 Å². The number of nitrogens with one attached hydrogen (secondary N) is 1. The summed E-state index contributed by atoms with van der Waals surface area (Å²) in [6.07, 6.45) is 0. The van der Waals surface area contributed by atoms with Gasteiger partial charge < -0.3 is 15.0 Å². The maximum Gasteiger partial charge on any atom is 0.236 e. The molecule has 1 N–H and O–H groups in total. The summed E-state index contributed by atoms with van der Waals surface area (Å²) in [7, 11) is 3.36. The van der Waals surface area contributed by atoms with Crippen molar-refractivity contribution >= 4 is 11.6 Å². The number of anilines is 1. The Morgan fingerprint density at radius 2 is 1.80 bits per heavy atom. The Morgan fingerprint density at radius 3 is 2.30 bits per heavy atom. The first kappa shape index (κ1) is 14.7. The zero-order chi connectivity index (χ0) is 14.5. The standard InChI is InChI=1S/C15H23N3O2/c1-12(15(19)16-2)17-8-10-18(11-9-17)13-4-6-14(20-3)7-5-13/h4-7,12H,8-11H2,1-3H3,(H,16,19). The summed E-state index contributed by atoms with van der Waals surface area (Å²) < 4.78 is 5.17. The molecule has 20 heavy (non-hydrogen) atoms. The van der Waals surface area contributed by atoms with Crippen molar-refractivity contribution in [2.24, 2.45) is 0 Å². The van der Waals surface area contributed by atoms with Crippen LogP contribution in [0.4, 0.5) is 5.69 Å². The number of amides is 1. The Balaban J connectivity index is 1.91. The first-order valence-electron chi connectivity index (χ1n) is 7.00. The fourth-order valence-electron chi connectivity index (χ4n) is 2.54. The molecule has 1 unspecified atom stereocenters. The molecule has 0 spiro atoms. The maximum atomic E-state index is 11.7. The van der Waals surface area contributed by atoms with E-state index >= 15 is 0 Å². The normalized spacial score (nSPS) is 17.6. The molecule has 1 aromatic carbocycles. The number of ether oxygens (including phenoxy) is 1. The van der Waals surface area contributed by atoms with E-state index in [0.29, 0.717) is 0 Å². The van der Waals surface area contributed by atoms with E-state index in [0.717, 1.165) is 31.9 Å². The average Bonchev–Trinajstić information content (AvgIpc) is 2.53. The lowest BCUT2D eigenvalue weighted by molar-refractivity contribution is -0.125. The Morgan fingerprint density at radius 1 is 1.20 bits per heavy atom. The van der Waals surface area contributed by atoms with Crippen LogP contribution in [0.15, 0.2) is 24.3 Å². The zero-order valence-electron chi connectivity index (χ0n) is 12.4. The van der Waals surface area contributed by atoms with E-state index in [1.54, 1.807) is 14.2 Å². The zero-order valence-corrected chi connectivity index (χ0v) is 12.4. The molecule has 1 aliphatic rings. The van der Waals surface area contributed by atoms with Crippen LogP contribution in [-0.4, -0.2) is 57.2 Å². The molecule has 2 rings (SSSR count). The number of carbonyl (C=O) groups is 1. The molecule has 1 atom stereocenters. The largest absolute Gasteiger partial charge is 0.497 e. The monoisotopic (exact) mass is 277 g/mol. The van der Waals surface area contributed by atoms with E-state index in [9.17, 15) is 4.79 Å². The number of carbonyl (C=O) groups excluding carboxylic acids is 1. The third-order valence-electron chi connectivity index (χ3n) is 3.93. The summed E-state index contributed by atoms with van der Waals surface area (Å²) in [5, 5.41) is 2.71. The Bertz CT molecular complexity index is 439. The van der Waals surface area contributed by atoms with Crippen molar-refractivity contribution in [2.75, 3.05) is 45.2 Å². The SMILES string of the molecule is CNC(=O)C(C)N1CCN(c2ccc(OC)cc2)CC1. The van der Waals surface area contributed by atoms with Crippen LogP contribution in [0.3, 0.4) is 0 Å². The quantitative estimate of drug-likeness (QED) is 0.890. The highest BCUT2D eigenvalue weighted by Gasteiger charge is 2.24. The van der Waals surface area contributed by atoms with Crippen LogP contribution in [0.5, 0.6) is 5.75 Å². The summed E-state index contributed by atoms with van der Waals surface area (Å²) in [5.41, 5.74) is 1.21. The topological polar surface area (TPSA) is 44.8 Å². The second-order valence-electron chi connectivity index (χ2n) is 5.01. The van der Waals surface area contributed by atoms with Gasteiger partial charge in [0.25, 0.3) is 0 Å². The minimum atomic E-state index is -0.0574. The number of rotatable bonds is 4. The summed E-state index contributed by atoms with van der Waals surface area (Å²) in [6, 6.07) is 8.06. The first-order valence-corrected chi connectivity index (χ1v) is 7.00. The Kier molecular flexibility index (Phi) is 4.84. The van der Waals surface area contributed by atoms with Crippen molar-refractivity contribution in [2.45, 2.75) is 13.0 Å². The molecular weight excluding hydrogens is 254 g/mol. The van der Waals surface area contributed by atoms with Crippen molar-refractivity contribution in [3.63, 3.8) is 0 Å². The molecule has 0 bridgehead atoms. The molecule has 0 saturated carbocycles. The molecule has 1 heterocycles. The molecule has 1 saturated heterocycles. The van der Waals surface area contributed by atoms with Crippen molar-refractivity contribution in [1.82, 2.24) is 10.2 Å². The van der Waals surface area contributed by atoms with Crippen molar-refractivity contribution < 1.29 is 9.53 Å². The van der Waals surface area contributed by atoms with Crippen LogP contribution in [0.1, 0.15) is 6.92 Å². The van der Waals surface area contributed by atoms with Gasteiger partial charge in [0.2, 0.25) is 5.91 Å². The minimum Gasteiger partial charge on any atom is -0.497 e. The van der Waals surface area contributed by atoms with Crippen LogP contribution in [0, 0.1) is 0 Å². The average molecular weight is 277 g/mol. The molecule has 0 aromatic heterocycles. The highest BCUT2D eigenvalue weighted by atomic mass is 16.5. The Hall–Kier alpha value is -1.75. The molecule has 1 fully saturated rings. The fraction of sp³-hybridized carbons (Fsp3) is 0.533. The van der Waals surface area contributed by atoms with Gasteiger partial charge >= 0.3 is 0 Å². The molecular formula is C15H23N3O2. The highest BCUT2D eigenvalue weighted by molar-refractivity contribution is 5.81. The Labute approximate surface area is 120 Å². The van der Waals surface area contributed by atoms with Gasteiger partial charge in [-0.1, -0.05) is 0 Å². The molecule has 0 radical (unpaired) electrons. The van der Waals surface area contributed by atoms with Crippen molar-refractivity contribution in [3.05, 3.63) is 24.3 Å². The molecule has 1 amide bonds.